The first kappa shape index (κ1) is 14.7. The molecule has 1 aromatic carbocycles. The number of rotatable bonds is 4. The molecule has 6 heteroatoms. The Labute approximate surface area is 125 Å². The van der Waals surface area contributed by atoms with Gasteiger partial charge in [-0.05, 0) is 41.4 Å². The summed E-state index contributed by atoms with van der Waals surface area (Å²) < 4.78 is 27.8. The number of aryl methyl sites for hydroxylation is 2. The molecule has 0 saturated carbocycles. The highest BCUT2D eigenvalue weighted by molar-refractivity contribution is 9.11. The fraction of sp³-hybridized carbons (Fsp3) is 0.231. The van der Waals surface area contributed by atoms with Gasteiger partial charge < -0.3 is 0 Å². The summed E-state index contributed by atoms with van der Waals surface area (Å²) in [6.07, 6.45) is 0. The second-order valence-corrected chi connectivity index (χ2v) is 8.66. The van der Waals surface area contributed by atoms with Gasteiger partial charge in [-0.15, -0.1) is 11.3 Å². The predicted octanol–water partition coefficient (Wildman–Crippen LogP) is 3.61. The quantitative estimate of drug-likeness (QED) is 0.906. The van der Waals surface area contributed by atoms with Gasteiger partial charge in [-0.1, -0.05) is 29.8 Å². The van der Waals surface area contributed by atoms with Gasteiger partial charge >= 0.3 is 0 Å². The standard InChI is InChI=1S/C13H14BrNO2S2/c1-9-4-3-5-11(6-9)8-15-19(16,17)12-7-13(14)18-10(12)2/h3-7,15H,8H2,1-2H3. The highest BCUT2D eigenvalue weighted by atomic mass is 79.9. The molecule has 0 aliphatic carbocycles. The summed E-state index contributed by atoms with van der Waals surface area (Å²) in [7, 11) is -3.45. The van der Waals surface area contributed by atoms with Gasteiger partial charge in [-0.25, -0.2) is 13.1 Å². The molecule has 1 heterocycles. The van der Waals surface area contributed by atoms with E-state index in [0.717, 1.165) is 19.8 Å². The van der Waals surface area contributed by atoms with E-state index in [0.29, 0.717) is 11.4 Å². The zero-order chi connectivity index (χ0) is 14.0. The zero-order valence-electron chi connectivity index (χ0n) is 10.6. The lowest BCUT2D eigenvalue weighted by Gasteiger charge is -2.07. The Hall–Kier alpha value is -0.690. The van der Waals surface area contributed by atoms with Crippen molar-refractivity contribution in [1.82, 2.24) is 4.72 Å². The number of hydrogen-bond donors (Lipinski definition) is 1. The van der Waals surface area contributed by atoms with Crippen molar-refractivity contribution in [3.05, 3.63) is 50.1 Å². The van der Waals surface area contributed by atoms with Crippen LogP contribution >= 0.6 is 27.3 Å². The number of sulfonamides is 1. The Morgan fingerprint density at radius 3 is 2.58 bits per heavy atom. The lowest BCUT2D eigenvalue weighted by molar-refractivity contribution is 0.581. The Balaban J connectivity index is 2.16. The molecule has 0 saturated heterocycles. The first-order valence-electron chi connectivity index (χ1n) is 5.69. The summed E-state index contributed by atoms with van der Waals surface area (Å²) in [5, 5.41) is 0. The van der Waals surface area contributed by atoms with E-state index in [1.54, 1.807) is 13.0 Å². The average Bonchev–Trinajstić information content (AvgIpc) is 2.67. The van der Waals surface area contributed by atoms with Crippen molar-refractivity contribution < 1.29 is 8.42 Å². The number of hydrogen-bond acceptors (Lipinski definition) is 3. The van der Waals surface area contributed by atoms with E-state index in [4.69, 9.17) is 0 Å². The summed E-state index contributed by atoms with van der Waals surface area (Å²) in [6, 6.07) is 9.42. The summed E-state index contributed by atoms with van der Waals surface area (Å²) in [5.74, 6) is 0. The minimum absolute atomic E-state index is 0.302. The Kier molecular flexibility index (Phi) is 4.45. The molecule has 0 atom stereocenters. The van der Waals surface area contributed by atoms with Gasteiger partial charge in [-0.2, -0.15) is 0 Å². The van der Waals surface area contributed by atoms with E-state index < -0.39 is 10.0 Å². The summed E-state index contributed by atoms with van der Waals surface area (Å²) in [5.41, 5.74) is 2.07. The third kappa shape index (κ3) is 3.66. The third-order valence-electron chi connectivity index (χ3n) is 2.68. The monoisotopic (exact) mass is 359 g/mol. The molecule has 0 amide bonds. The van der Waals surface area contributed by atoms with Crippen LogP contribution in [0.15, 0.2) is 39.0 Å². The Morgan fingerprint density at radius 2 is 2.00 bits per heavy atom. The van der Waals surface area contributed by atoms with Gasteiger partial charge in [0.15, 0.2) is 0 Å². The zero-order valence-corrected chi connectivity index (χ0v) is 13.8. The maximum atomic E-state index is 12.2. The van der Waals surface area contributed by atoms with Gasteiger partial charge in [-0.3, -0.25) is 0 Å². The molecule has 1 N–H and O–H groups in total. The highest BCUT2D eigenvalue weighted by Gasteiger charge is 2.19. The normalized spacial score (nSPS) is 11.7. The van der Waals surface area contributed by atoms with Crippen LogP contribution in [0.1, 0.15) is 16.0 Å². The van der Waals surface area contributed by atoms with Crippen LogP contribution in [0.5, 0.6) is 0 Å². The van der Waals surface area contributed by atoms with E-state index in [-0.39, 0.29) is 0 Å². The molecule has 102 valence electrons. The van der Waals surface area contributed by atoms with Crippen LogP contribution in [0.3, 0.4) is 0 Å². The van der Waals surface area contributed by atoms with Gasteiger partial charge in [0.25, 0.3) is 0 Å². The van der Waals surface area contributed by atoms with Crippen LogP contribution in [-0.2, 0) is 16.6 Å². The molecule has 1 aromatic heterocycles. The van der Waals surface area contributed by atoms with Crippen molar-refractivity contribution in [2.75, 3.05) is 0 Å². The van der Waals surface area contributed by atoms with Crippen LogP contribution in [0.2, 0.25) is 0 Å². The van der Waals surface area contributed by atoms with Crippen molar-refractivity contribution in [3.63, 3.8) is 0 Å². The molecule has 0 unspecified atom stereocenters. The highest BCUT2D eigenvalue weighted by Crippen LogP contribution is 2.29. The summed E-state index contributed by atoms with van der Waals surface area (Å²) >= 11 is 4.72. The van der Waals surface area contributed by atoms with Gasteiger partial charge in [0, 0.05) is 11.4 Å². The van der Waals surface area contributed by atoms with E-state index >= 15 is 0 Å². The molecule has 0 fully saturated rings. The van der Waals surface area contributed by atoms with Crippen molar-refractivity contribution >= 4 is 37.3 Å². The second-order valence-electron chi connectivity index (χ2n) is 4.28. The average molecular weight is 360 g/mol. The van der Waals surface area contributed by atoms with Crippen molar-refractivity contribution in [1.29, 1.82) is 0 Å². The first-order valence-corrected chi connectivity index (χ1v) is 8.79. The maximum absolute atomic E-state index is 12.2. The van der Waals surface area contributed by atoms with Gasteiger partial charge in [0.05, 0.1) is 8.68 Å². The summed E-state index contributed by atoms with van der Waals surface area (Å²) in [6.45, 7) is 4.09. The van der Waals surface area contributed by atoms with Gasteiger partial charge in [0.1, 0.15) is 0 Å². The minimum atomic E-state index is -3.45. The SMILES string of the molecule is Cc1cccc(CNS(=O)(=O)c2cc(Br)sc2C)c1. The van der Waals surface area contributed by atoms with E-state index in [1.165, 1.54) is 11.3 Å². The van der Waals surface area contributed by atoms with Gasteiger partial charge in [0.2, 0.25) is 10.0 Å². The molecule has 0 radical (unpaired) electrons. The Morgan fingerprint density at radius 1 is 1.26 bits per heavy atom. The lowest BCUT2D eigenvalue weighted by atomic mass is 10.1. The van der Waals surface area contributed by atoms with Crippen molar-refractivity contribution in [2.45, 2.75) is 25.3 Å². The Bertz CT molecular complexity index is 692. The molecule has 0 spiro atoms. The summed E-state index contributed by atoms with van der Waals surface area (Å²) in [4.78, 5) is 1.13. The topological polar surface area (TPSA) is 46.2 Å². The van der Waals surface area contributed by atoms with E-state index in [9.17, 15) is 8.42 Å². The third-order valence-corrected chi connectivity index (χ3v) is 5.89. The fourth-order valence-electron chi connectivity index (χ4n) is 1.78. The minimum Gasteiger partial charge on any atom is -0.207 e. The largest absolute Gasteiger partial charge is 0.242 e. The molecule has 3 nitrogen and oxygen atoms in total. The van der Waals surface area contributed by atoms with Crippen LogP contribution in [0.25, 0.3) is 0 Å². The van der Waals surface area contributed by atoms with Crippen LogP contribution in [0, 0.1) is 13.8 Å². The number of benzene rings is 1. The molecular formula is C13H14BrNO2S2. The lowest BCUT2D eigenvalue weighted by Crippen LogP contribution is -2.23. The van der Waals surface area contributed by atoms with Crippen LogP contribution in [0.4, 0.5) is 0 Å². The molecule has 0 bridgehead atoms. The smallest absolute Gasteiger partial charge is 0.207 e. The van der Waals surface area contributed by atoms with Crippen LogP contribution < -0.4 is 4.72 Å². The molecule has 2 aromatic rings. The van der Waals surface area contributed by atoms with Crippen LogP contribution in [-0.4, -0.2) is 8.42 Å². The number of nitrogens with one attached hydrogen (secondary N) is 1. The van der Waals surface area contributed by atoms with Crippen molar-refractivity contribution in [3.8, 4) is 0 Å². The maximum Gasteiger partial charge on any atom is 0.242 e. The number of halogens is 1. The molecule has 2 rings (SSSR count). The fourth-order valence-corrected chi connectivity index (χ4v) is 5.21. The second kappa shape index (κ2) is 5.75. The van der Waals surface area contributed by atoms with E-state index in [1.807, 2.05) is 31.2 Å². The molecular weight excluding hydrogens is 346 g/mol. The molecule has 0 aliphatic rings. The van der Waals surface area contributed by atoms with E-state index in [2.05, 4.69) is 20.7 Å². The molecule has 19 heavy (non-hydrogen) atoms. The molecule has 0 aliphatic heterocycles. The van der Waals surface area contributed by atoms with Crippen molar-refractivity contribution in [2.24, 2.45) is 0 Å². The predicted molar refractivity (Wildman–Crippen MR) is 82.0 cm³/mol. The number of thiophene rings is 1. The first-order chi connectivity index (χ1) is 8.88.